The molecule has 2 aromatic carbocycles. The minimum Gasteiger partial charge on any atom is -0.507 e. The molecule has 3 atom stereocenters. The van der Waals surface area contributed by atoms with E-state index in [1.807, 2.05) is 0 Å². The topological polar surface area (TPSA) is 20.2 Å². The van der Waals surface area contributed by atoms with E-state index in [-0.39, 0.29) is 16.0 Å². The minimum absolute atomic E-state index is 0.0361. The minimum atomic E-state index is -0.105. The van der Waals surface area contributed by atoms with Crippen LogP contribution in [0.2, 0.25) is 0 Å². The van der Waals surface area contributed by atoms with Gasteiger partial charge in [0.2, 0.25) is 0 Å². The van der Waals surface area contributed by atoms with Crippen LogP contribution in [0.4, 0.5) is 0 Å². The van der Waals surface area contributed by atoms with Gasteiger partial charge in [-0.2, -0.15) is 0 Å². The van der Waals surface area contributed by atoms with Crippen molar-refractivity contribution in [2.24, 2.45) is 0 Å². The number of phenols is 1. The molecule has 1 nitrogen and oxygen atoms in total. The van der Waals surface area contributed by atoms with Crippen LogP contribution >= 0.6 is 17.2 Å². The van der Waals surface area contributed by atoms with E-state index in [0.717, 1.165) is 39.6 Å². The Bertz CT molecular complexity index is 918. The first-order chi connectivity index (χ1) is 14.8. The molecule has 3 heteroatoms. The average Bonchev–Trinajstić information content (AvgIpc) is 2.68. The maximum atomic E-state index is 11.7. The van der Waals surface area contributed by atoms with E-state index < -0.39 is 0 Å². The quantitative estimate of drug-likeness (QED) is 0.382. The lowest BCUT2D eigenvalue weighted by Crippen LogP contribution is -2.27. The van der Waals surface area contributed by atoms with Gasteiger partial charge in [-0.05, 0) is 71.0 Å². The molecule has 1 N–H and O–H groups in total. The third kappa shape index (κ3) is 5.96. The van der Waals surface area contributed by atoms with Crippen molar-refractivity contribution in [1.82, 2.24) is 0 Å². The maximum absolute atomic E-state index is 11.7. The second-order valence-electron chi connectivity index (χ2n) is 11.4. The van der Waals surface area contributed by atoms with E-state index in [0.29, 0.717) is 14.3 Å². The molecular weight excluding hydrogens is 426 g/mol. The van der Waals surface area contributed by atoms with Crippen LogP contribution in [-0.4, -0.2) is 11.8 Å². The SMILES string of the molecule is CCCC(CC)(Pc1c(C)cccc1CPC)c1cc(C(C)(C)C)cc(C(C)(C)C)c1O. The second-order valence-corrected chi connectivity index (χ2v) is 14.1. The summed E-state index contributed by atoms with van der Waals surface area (Å²) >= 11 is 0. The predicted octanol–water partition coefficient (Wildman–Crippen LogP) is 8.51. The molecule has 0 radical (unpaired) electrons. The number of phenolic OH excluding ortho intramolecular Hbond substituents is 1. The Morgan fingerprint density at radius 2 is 1.53 bits per heavy atom. The maximum Gasteiger partial charge on any atom is 0.123 e. The van der Waals surface area contributed by atoms with Crippen molar-refractivity contribution >= 4 is 22.5 Å². The Labute approximate surface area is 201 Å². The Balaban J connectivity index is 2.84. The average molecular weight is 473 g/mol. The van der Waals surface area contributed by atoms with Crippen LogP contribution in [0.1, 0.15) is 102 Å². The van der Waals surface area contributed by atoms with E-state index in [4.69, 9.17) is 0 Å². The Hall–Kier alpha value is -0.900. The van der Waals surface area contributed by atoms with Gasteiger partial charge < -0.3 is 5.11 Å². The van der Waals surface area contributed by atoms with Gasteiger partial charge in [-0.1, -0.05) is 101 Å². The monoisotopic (exact) mass is 472 g/mol. The zero-order valence-electron chi connectivity index (χ0n) is 22.2. The fourth-order valence-corrected chi connectivity index (χ4v) is 7.46. The highest BCUT2D eigenvalue weighted by Crippen LogP contribution is 2.54. The van der Waals surface area contributed by atoms with E-state index in [1.54, 1.807) is 0 Å². The van der Waals surface area contributed by atoms with Crippen LogP contribution in [0.15, 0.2) is 30.3 Å². The summed E-state index contributed by atoms with van der Waals surface area (Å²) in [4.78, 5) is 0. The normalized spacial score (nSPS) is 15.2. The van der Waals surface area contributed by atoms with Crippen LogP contribution in [0.25, 0.3) is 0 Å². The highest BCUT2D eigenvalue weighted by atomic mass is 31.1. The van der Waals surface area contributed by atoms with Gasteiger partial charge >= 0.3 is 0 Å². The van der Waals surface area contributed by atoms with Gasteiger partial charge in [-0.15, -0.1) is 8.58 Å². The molecule has 0 heterocycles. The molecule has 0 bridgehead atoms. The molecular formula is C29H46OP2. The number of aryl methyl sites for hydroxylation is 1. The summed E-state index contributed by atoms with van der Waals surface area (Å²) in [6.07, 6.45) is 4.39. The zero-order chi connectivity index (χ0) is 24.3. The Kier molecular flexibility index (Phi) is 9.03. The predicted molar refractivity (Wildman–Crippen MR) is 149 cm³/mol. The van der Waals surface area contributed by atoms with Crippen molar-refractivity contribution in [2.75, 3.05) is 6.66 Å². The van der Waals surface area contributed by atoms with Crippen molar-refractivity contribution in [2.45, 2.75) is 104 Å². The van der Waals surface area contributed by atoms with Crippen molar-refractivity contribution in [3.63, 3.8) is 0 Å². The third-order valence-electron chi connectivity index (χ3n) is 6.67. The molecule has 178 valence electrons. The number of rotatable bonds is 8. The van der Waals surface area contributed by atoms with Gasteiger partial charge in [0, 0.05) is 10.7 Å². The summed E-state index contributed by atoms with van der Waals surface area (Å²) in [7, 11) is 1.57. The number of benzene rings is 2. The molecule has 0 aromatic heterocycles. The lowest BCUT2D eigenvalue weighted by Gasteiger charge is -2.38. The molecule has 0 amide bonds. The molecule has 2 aromatic rings. The summed E-state index contributed by atoms with van der Waals surface area (Å²) in [6.45, 7) is 22.7. The summed E-state index contributed by atoms with van der Waals surface area (Å²) < 4.78 is 0. The van der Waals surface area contributed by atoms with Gasteiger partial charge in [0.25, 0.3) is 0 Å². The molecule has 2 rings (SSSR count). The first-order valence-corrected chi connectivity index (χ1v) is 14.9. The van der Waals surface area contributed by atoms with Crippen molar-refractivity contribution in [1.29, 1.82) is 0 Å². The number of hydrogen-bond donors (Lipinski definition) is 1. The fraction of sp³-hybridized carbons (Fsp3) is 0.586. The van der Waals surface area contributed by atoms with Crippen LogP contribution in [0, 0.1) is 6.92 Å². The molecule has 32 heavy (non-hydrogen) atoms. The van der Waals surface area contributed by atoms with Crippen LogP contribution in [0.3, 0.4) is 0 Å². The third-order valence-corrected chi connectivity index (χ3v) is 9.72. The first-order valence-electron chi connectivity index (χ1n) is 12.2. The van der Waals surface area contributed by atoms with Gasteiger partial charge in [0.05, 0.1) is 0 Å². The van der Waals surface area contributed by atoms with E-state index in [9.17, 15) is 5.11 Å². The molecule has 0 aliphatic rings. The highest BCUT2D eigenvalue weighted by Gasteiger charge is 2.37. The van der Waals surface area contributed by atoms with Crippen LogP contribution in [-0.2, 0) is 22.1 Å². The molecule has 0 aliphatic carbocycles. The molecule has 0 saturated carbocycles. The number of aromatic hydroxyl groups is 1. The highest BCUT2D eigenvalue weighted by molar-refractivity contribution is 7.49. The smallest absolute Gasteiger partial charge is 0.123 e. The molecule has 0 aliphatic heterocycles. The largest absolute Gasteiger partial charge is 0.507 e. The van der Waals surface area contributed by atoms with Crippen molar-refractivity contribution in [3.05, 3.63) is 58.1 Å². The molecule has 3 unspecified atom stereocenters. The lowest BCUT2D eigenvalue weighted by atomic mass is 9.76. The number of hydrogen-bond acceptors (Lipinski definition) is 1. The Morgan fingerprint density at radius 3 is 2.03 bits per heavy atom. The van der Waals surface area contributed by atoms with Gasteiger partial charge in [-0.3, -0.25) is 0 Å². The van der Waals surface area contributed by atoms with Crippen molar-refractivity contribution < 1.29 is 5.11 Å². The van der Waals surface area contributed by atoms with Gasteiger partial charge in [0.1, 0.15) is 5.75 Å². The van der Waals surface area contributed by atoms with Crippen LogP contribution < -0.4 is 5.30 Å². The lowest BCUT2D eigenvalue weighted by molar-refractivity contribution is 0.418. The molecule has 0 fully saturated rings. The van der Waals surface area contributed by atoms with E-state index >= 15 is 0 Å². The fourth-order valence-electron chi connectivity index (χ4n) is 4.64. The van der Waals surface area contributed by atoms with E-state index in [2.05, 4.69) is 99.3 Å². The first kappa shape index (κ1) is 27.3. The second kappa shape index (κ2) is 10.6. The zero-order valence-corrected chi connectivity index (χ0v) is 24.2. The summed E-state index contributed by atoms with van der Waals surface area (Å²) in [5.74, 6) is 0.529. The molecule has 0 spiro atoms. The summed E-state index contributed by atoms with van der Waals surface area (Å²) in [5, 5.41) is 13.2. The van der Waals surface area contributed by atoms with Gasteiger partial charge in [-0.25, -0.2) is 0 Å². The van der Waals surface area contributed by atoms with Gasteiger partial charge in [0.15, 0.2) is 0 Å². The molecule has 0 saturated heterocycles. The van der Waals surface area contributed by atoms with Crippen molar-refractivity contribution in [3.8, 4) is 5.75 Å². The summed E-state index contributed by atoms with van der Waals surface area (Å²) in [6, 6.07) is 11.4. The van der Waals surface area contributed by atoms with E-state index in [1.165, 1.54) is 27.6 Å². The Morgan fingerprint density at radius 1 is 0.906 bits per heavy atom. The summed E-state index contributed by atoms with van der Waals surface area (Å²) in [5.41, 5.74) is 6.41. The van der Waals surface area contributed by atoms with Crippen LogP contribution in [0.5, 0.6) is 5.75 Å². The standard InChI is InChI=1S/C29H46OP2/c1-11-16-29(12-2,32-26-20(3)14-13-15-21(26)19-31-10)24-18-22(27(4,5)6)17-23(25(24)30)28(7,8)9/h13-15,17-18,30-32H,11-12,16,19H2,1-10H3.